The van der Waals surface area contributed by atoms with Gasteiger partial charge in [0.15, 0.2) is 0 Å². The summed E-state index contributed by atoms with van der Waals surface area (Å²) >= 11 is 0. The van der Waals surface area contributed by atoms with E-state index >= 15 is 0 Å². The van der Waals surface area contributed by atoms with Gasteiger partial charge in [-0.05, 0) is 35.4 Å². The van der Waals surface area contributed by atoms with Gasteiger partial charge in [0, 0.05) is 35.1 Å². The minimum absolute atomic E-state index is 0.0471. The van der Waals surface area contributed by atoms with Crippen LogP contribution in [0.3, 0.4) is 0 Å². The molecule has 1 saturated heterocycles. The van der Waals surface area contributed by atoms with Gasteiger partial charge in [0.25, 0.3) is 0 Å². The van der Waals surface area contributed by atoms with Gasteiger partial charge < -0.3 is 30.0 Å². The van der Waals surface area contributed by atoms with E-state index in [1.54, 1.807) is 35.1 Å². The number of hydrogen-bond donors (Lipinski definition) is 2. The largest absolute Gasteiger partial charge is 0.733 e. The number of methoxy groups -OCH3 is 1. The van der Waals surface area contributed by atoms with Crippen molar-refractivity contribution in [3.8, 4) is 5.75 Å². The third-order valence-corrected chi connectivity index (χ3v) is 7.30. The first-order valence-electron chi connectivity index (χ1n) is 12.0. The van der Waals surface area contributed by atoms with E-state index in [0.29, 0.717) is 17.7 Å². The Hall–Kier alpha value is -4.34. The molecule has 2 aliphatic heterocycles. The standard InChI is InChI=1S/C28H25N4O5/c1-37-24-12-5-2-7-18(24)15-30-16-25(33)31-23(28(30)34)14-21-20-10-3-4-11-22(20)29-26(21)27(31)17-8-6-9-19(13-17)32(35)36/h2-13,23,27,29,35H,14-16H2,1H3/q-1. The Labute approximate surface area is 213 Å². The fourth-order valence-corrected chi connectivity index (χ4v) is 5.66. The molecule has 0 bridgehead atoms. The topological polar surface area (TPSA) is 112 Å². The Balaban J connectivity index is 1.45. The molecule has 2 aliphatic rings. The molecule has 9 heteroatoms. The second-order valence-electron chi connectivity index (χ2n) is 9.36. The first-order valence-corrected chi connectivity index (χ1v) is 12.0. The van der Waals surface area contributed by atoms with E-state index in [0.717, 1.165) is 27.7 Å². The van der Waals surface area contributed by atoms with Gasteiger partial charge in [-0.2, -0.15) is 0 Å². The smallest absolute Gasteiger partial charge is 0.246 e. The number of amides is 2. The number of fused-ring (bicyclic) bond motifs is 4. The highest BCUT2D eigenvalue weighted by Crippen LogP contribution is 2.43. The summed E-state index contributed by atoms with van der Waals surface area (Å²) in [7, 11) is 1.58. The quantitative estimate of drug-likeness (QED) is 0.406. The van der Waals surface area contributed by atoms with Crippen LogP contribution in [0.1, 0.15) is 28.4 Å². The van der Waals surface area contributed by atoms with Crippen molar-refractivity contribution in [1.82, 2.24) is 14.8 Å². The predicted molar refractivity (Wildman–Crippen MR) is 137 cm³/mol. The van der Waals surface area contributed by atoms with Gasteiger partial charge in [-0.15, -0.1) is 0 Å². The molecule has 2 amide bonds. The van der Waals surface area contributed by atoms with Crippen LogP contribution in [-0.2, 0) is 22.6 Å². The summed E-state index contributed by atoms with van der Waals surface area (Å²) < 4.78 is 5.46. The molecule has 9 nitrogen and oxygen atoms in total. The number of nitrogens with zero attached hydrogens (tertiary/aromatic N) is 3. The van der Waals surface area contributed by atoms with E-state index in [9.17, 15) is 20.0 Å². The monoisotopic (exact) mass is 497 g/mol. The fourth-order valence-electron chi connectivity index (χ4n) is 5.66. The van der Waals surface area contributed by atoms with Gasteiger partial charge in [0.2, 0.25) is 11.8 Å². The SMILES string of the molecule is COc1ccccc1CN1CC(=O)N2C(Cc3c([nH]c4ccccc34)C2c2cccc(N([O-])O)c2)C1=O. The number of benzene rings is 3. The molecule has 0 radical (unpaired) electrons. The van der Waals surface area contributed by atoms with Crippen LogP contribution >= 0.6 is 0 Å². The molecule has 4 aromatic rings. The van der Waals surface area contributed by atoms with Crippen molar-refractivity contribution in [2.75, 3.05) is 18.9 Å². The number of ether oxygens (including phenoxy) is 1. The highest BCUT2D eigenvalue weighted by Gasteiger charge is 2.48. The lowest BCUT2D eigenvalue weighted by Crippen LogP contribution is -2.62. The summed E-state index contributed by atoms with van der Waals surface area (Å²) in [5.74, 6) is 0.325. The summed E-state index contributed by atoms with van der Waals surface area (Å²) in [6.45, 7) is 0.183. The van der Waals surface area contributed by atoms with Crippen molar-refractivity contribution < 1.29 is 19.5 Å². The number of rotatable bonds is 5. The van der Waals surface area contributed by atoms with Crippen LogP contribution in [0.2, 0.25) is 0 Å². The summed E-state index contributed by atoms with van der Waals surface area (Å²) in [5, 5.41) is 22.0. The van der Waals surface area contributed by atoms with Gasteiger partial charge in [-0.3, -0.25) is 14.8 Å². The second kappa shape index (κ2) is 8.95. The molecule has 3 heterocycles. The van der Waals surface area contributed by atoms with Gasteiger partial charge in [0.1, 0.15) is 18.3 Å². The number of anilines is 1. The molecule has 2 unspecified atom stereocenters. The molecule has 1 aromatic heterocycles. The lowest BCUT2D eigenvalue weighted by Gasteiger charge is -2.47. The van der Waals surface area contributed by atoms with Crippen molar-refractivity contribution >= 4 is 28.4 Å². The maximum absolute atomic E-state index is 13.9. The van der Waals surface area contributed by atoms with Gasteiger partial charge in [0.05, 0.1) is 18.8 Å². The number of H-pyrrole nitrogens is 1. The molecule has 1 fully saturated rings. The first kappa shape index (κ1) is 23.1. The van der Waals surface area contributed by atoms with E-state index in [4.69, 9.17) is 4.74 Å². The van der Waals surface area contributed by atoms with Crippen LogP contribution in [-0.4, -0.2) is 51.5 Å². The van der Waals surface area contributed by atoms with Crippen LogP contribution in [0.5, 0.6) is 5.75 Å². The number of aromatic nitrogens is 1. The predicted octanol–water partition coefficient (Wildman–Crippen LogP) is 3.76. The van der Waals surface area contributed by atoms with Crippen LogP contribution < -0.4 is 9.96 Å². The highest BCUT2D eigenvalue weighted by atomic mass is 16.8. The van der Waals surface area contributed by atoms with Crippen LogP contribution in [0.25, 0.3) is 10.9 Å². The molecule has 0 saturated carbocycles. The van der Waals surface area contributed by atoms with Gasteiger partial charge in [-0.25, -0.2) is 0 Å². The number of carbonyl (C=O) groups excluding carboxylic acids is 2. The molecule has 2 atom stereocenters. The number of piperazine rings is 1. The Kier molecular flexibility index (Phi) is 5.58. The van der Waals surface area contributed by atoms with E-state index in [2.05, 4.69) is 4.98 Å². The summed E-state index contributed by atoms with van der Waals surface area (Å²) in [4.78, 5) is 34.3. The van der Waals surface area contributed by atoms with Crippen LogP contribution in [0.4, 0.5) is 5.69 Å². The normalized spacial score (nSPS) is 19.1. The highest BCUT2D eigenvalue weighted by molar-refractivity contribution is 5.97. The second-order valence-corrected chi connectivity index (χ2v) is 9.36. The Morgan fingerprint density at radius 2 is 1.86 bits per heavy atom. The van der Waals surface area contributed by atoms with Crippen LogP contribution in [0.15, 0.2) is 72.8 Å². The van der Waals surface area contributed by atoms with Crippen molar-refractivity contribution in [2.24, 2.45) is 0 Å². The van der Waals surface area contributed by atoms with E-state index in [1.807, 2.05) is 48.5 Å². The number of aromatic amines is 1. The third kappa shape index (κ3) is 3.80. The minimum atomic E-state index is -0.714. The minimum Gasteiger partial charge on any atom is -0.733 e. The average Bonchev–Trinajstić information content (AvgIpc) is 3.29. The number of para-hydroxylation sites is 2. The lowest BCUT2D eigenvalue weighted by atomic mass is 9.86. The number of carbonyl (C=O) groups is 2. The molecular weight excluding hydrogens is 472 g/mol. The summed E-state index contributed by atoms with van der Waals surface area (Å²) in [6.07, 6.45) is 0.371. The third-order valence-electron chi connectivity index (χ3n) is 7.30. The Morgan fingerprint density at radius 3 is 2.68 bits per heavy atom. The van der Waals surface area contributed by atoms with Crippen molar-refractivity contribution in [1.29, 1.82) is 0 Å². The zero-order valence-corrected chi connectivity index (χ0v) is 20.1. The Bertz CT molecular complexity index is 1510. The number of hydrogen-bond acceptors (Lipinski definition) is 6. The number of nitrogens with one attached hydrogen (secondary N) is 1. The molecular formula is C28H25N4O5-. The van der Waals surface area contributed by atoms with Crippen LogP contribution in [0, 0.1) is 5.21 Å². The van der Waals surface area contributed by atoms with E-state index < -0.39 is 12.1 Å². The summed E-state index contributed by atoms with van der Waals surface area (Å²) in [5.41, 5.74) is 4.19. The molecule has 37 heavy (non-hydrogen) atoms. The fraction of sp³-hybridized carbons (Fsp3) is 0.214. The van der Waals surface area contributed by atoms with E-state index in [1.165, 1.54) is 6.07 Å². The van der Waals surface area contributed by atoms with Crippen molar-refractivity contribution in [3.05, 3.63) is 100 Å². The van der Waals surface area contributed by atoms with Gasteiger partial charge >= 0.3 is 0 Å². The maximum Gasteiger partial charge on any atom is 0.246 e. The zero-order valence-electron chi connectivity index (χ0n) is 20.1. The van der Waals surface area contributed by atoms with Crippen molar-refractivity contribution in [2.45, 2.75) is 25.0 Å². The first-order chi connectivity index (χ1) is 18.0. The average molecular weight is 498 g/mol. The summed E-state index contributed by atoms with van der Waals surface area (Å²) in [6, 6.07) is 20.5. The van der Waals surface area contributed by atoms with Crippen molar-refractivity contribution in [3.63, 3.8) is 0 Å². The molecule has 2 N–H and O–H groups in total. The molecule has 0 spiro atoms. The molecule has 6 rings (SSSR count). The van der Waals surface area contributed by atoms with Gasteiger partial charge in [-0.1, -0.05) is 48.5 Å². The molecule has 0 aliphatic carbocycles. The van der Waals surface area contributed by atoms with E-state index in [-0.39, 0.29) is 35.8 Å². The Morgan fingerprint density at radius 1 is 1.08 bits per heavy atom. The molecule has 188 valence electrons. The zero-order chi connectivity index (χ0) is 25.7. The maximum atomic E-state index is 13.9. The lowest BCUT2D eigenvalue weighted by molar-refractivity contribution is -0.159. The molecule has 3 aromatic carbocycles.